The molecule has 0 amide bonds. The molecule has 0 aromatic heterocycles. The van der Waals surface area contributed by atoms with Crippen molar-refractivity contribution in [2.24, 2.45) is 11.7 Å². The maximum absolute atomic E-state index is 13.1. The molecule has 0 heterocycles. The first-order chi connectivity index (χ1) is 9.17. The number of hydrogen-bond acceptors (Lipinski definition) is 2. The highest BCUT2D eigenvalue weighted by Gasteiger charge is 2.08. The molecule has 19 heavy (non-hydrogen) atoms. The van der Waals surface area contributed by atoms with E-state index in [9.17, 15) is 4.39 Å². The van der Waals surface area contributed by atoms with Gasteiger partial charge in [-0.05, 0) is 49.9 Å². The lowest BCUT2D eigenvalue weighted by Gasteiger charge is -2.21. The van der Waals surface area contributed by atoms with Gasteiger partial charge in [-0.2, -0.15) is 0 Å². The van der Waals surface area contributed by atoms with Crippen LogP contribution in [0, 0.1) is 11.7 Å². The van der Waals surface area contributed by atoms with Crippen molar-refractivity contribution in [2.45, 2.75) is 39.0 Å². The predicted octanol–water partition coefficient (Wildman–Crippen LogP) is 3.81. The van der Waals surface area contributed by atoms with Gasteiger partial charge in [0.1, 0.15) is 5.82 Å². The summed E-state index contributed by atoms with van der Waals surface area (Å²) >= 11 is 0. The first-order valence-corrected chi connectivity index (χ1v) is 7.34. The van der Waals surface area contributed by atoms with Crippen molar-refractivity contribution in [3.8, 4) is 0 Å². The number of rotatable bonds is 9. The molecule has 0 saturated heterocycles. The summed E-state index contributed by atoms with van der Waals surface area (Å²) in [6.45, 7) is 3.97. The van der Waals surface area contributed by atoms with Crippen LogP contribution in [0.3, 0.4) is 0 Å². The fourth-order valence-corrected chi connectivity index (χ4v) is 2.54. The second-order valence-electron chi connectivity index (χ2n) is 5.28. The van der Waals surface area contributed by atoms with Crippen molar-refractivity contribution in [1.29, 1.82) is 0 Å². The Morgan fingerprint density at radius 1 is 1.26 bits per heavy atom. The molecular weight excluding hydrogens is 239 g/mol. The molecule has 0 bridgehead atoms. The average molecular weight is 266 g/mol. The zero-order valence-electron chi connectivity index (χ0n) is 12.2. The molecule has 0 saturated carbocycles. The minimum atomic E-state index is -0.170. The molecule has 1 aromatic carbocycles. The maximum Gasteiger partial charge on any atom is 0.125 e. The summed E-state index contributed by atoms with van der Waals surface area (Å²) in [4.78, 5) is 2.12. The molecule has 1 atom stereocenters. The molecular formula is C16H27FN2. The van der Waals surface area contributed by atoms with Crippen molar-refractivity contribution >= 4 is 5.69 Å². The van der Waals surface area contributed by atoms with E-state index in [2.05, 4.69) is 11.8 Å². The molecule has 1 aromatic rings. The summed E-state index contributed by atoms with van der Waals surface area (Å²) in [6.07, 6.45) is 5.96. The van der Waals surface area contributed by atoms with Crippen LogP contribution in [0.1, 0.15) is 39.0 Å². The molecule has 0 aliphatic carbocycles. The topological polar surface area (TPSA) is 29.3 Å². The first kappa shape index (κ1) is 16.0. The Morgan fingerprint density at radius 2 is 2.05 bits per heavy atom. The van der Waals surface area contributed by atoms with Gasteiger partial charge in [0.2, 0.25) is 0 Å². The molecule has 0 aliphatic rings. The maximum atomic E-state index is 13.1. The fraction of sp³-hybridized carbons (Fsp3) is 0.625. The van der Waals surface area contributed by atoms with E-state index in [0.29, 0.717) is 0 Å². The third kappa shape index (κ3) is 6.06. The standard InChI is InChI=1S/C16H27FN2/c1-3-6-14(10-11-18)7-5-12-19(2)16-9-4-8-15(17)13-16/h4,8-9,13-14H,3,5-7,10-12,18H2,1-2H3. The van der Waals surface area contributed by atoms with Gasteiger partial charge >= 0.3 is 0 Å². The van der Waals surface area contributed by atoms with Gasteiger partial charge in [-0.3, -0.25) is 0 Å². The van der Waals surface area contributed by atoms with Gasteiger partial charge in [0.05, 0.1) is 0 Å². The van der Waals surface area contributed by atoms with Gasteiger partial charge in [-0.1, -0.05) is 25.8 Å². The third-order valence-electron chi connectivity index (χ3n) is 3.63. The Morgan fingerprint density at radius 3 is 2.68 bits per heavy atom. The van der Waals surface area contributed by atoms with Crippen molar-refractivity contribution in [1.82, 2.24) is 0 Å². The average Bonchev–Trinajstić information content (AvgIpc) is 2.39. The van der Waals surface area contributed by atoms with Gasteiger partial charge in [-0.25, -0.2) is 4.39 Å². The molecule has 108 valence electrons. The zero-order valence-corrected chi connectivity index (χ0v) is 12.2. The number of halogens is 1. The molecule has 0 fully saturated rings. The van der Waals surface area contributed by atoms with E-state index in [1.807, 2.05) is 13.1 Å². The van der Waals surface area contributed by atoms with E-state index in [4.69, 9.17) is 5.73 Å². The van der Waals surface area contributed by atoms with Gasteiger partial charge in [0.25, 0.3) is 0 Å². The number of nitrogens with zero attached hydrogens (tertiary/aromatic N) is 1. The van der Waals surface area contributed by atoms with Gasteiger partial charge < -0.3 is 10.6 Å². The normalized spacial score (nSPS) is 12.4. The summed E-state index contributed by atoms with van der Waals surface area (Å²) in [5, 5.41) is 0. The highest BCUT2D eigenvalue weighted by atomic mass is 19.1. The van der Waals surface area contributed by atoms with E-state index in [-0.39, 0.29) is 5.82 Å². The number of benzene rings is 1. The lowest BCUT2D eigenvalue weighted by Crippen LogP contribution is -2.19. The van der Waals surface area contributed by atoms with Gasteiger partial charge in [0, 0.05) is 19.3 Å². The van der Waals surface area contributed by atoms with Crippen molar-refractivity contribution in [2.75, 3.05) is 25.0 Å². The van der Waals surface area contributed by atoms with E-state index in [1.165, 1.54) is 25.3 Å². The molecule has 0 aliphatic heterocycles. The lowest BCUT2D eigenvalue weighted by molar-refractivity contribution is 0.410. The summed E-state index contributed by atoms with van der Waals surface area (Å²) in [7, 11) is 2.02. The number of anilines is 1. The summed E-state index contributed by atoms with van der Waals surface area (Å²) < 4.78 is 13.1. The Hall–Kier alpha value is -1.09. The zero-order chi connectivity index (χ0) is 14.1. The quantitative estimate of drug-likeness (QED) is 0.736. The van der Waals surface area contributed by atoms with Crippen LogP contribution in [0.4, 0.5) is 10.1 Å². The Labute approximate surface area is 116 Å². The molecule has 0 spiro atoms. The van der Waals surface area contributed by atoms with Crippen molar-refractivity contribution in [3.05, 3.63) is 30.1 Å². The minimum Gasteiger partial charge on any atom is -0.375 e. The van der Waals surface area contributed by atoms with Crippen molar-refractivity contribution in [3.63, 3.8) is 0 Å². The summed E-state index contributed by atoms with van der Waals surface area (Å²) in [6, 6.07) is 6.78. The van der Waals surface area contributed by atoms with Crippen molar-refractivity contribution < 1.29 is 4.39 Å². The largest absolute Gasteiger partial charge is 0.375 e. The second-order valence-corrected chi connectivity index (χ2v) is 5.28. The van der Waals surface area contributed by atoms with Crippen LogP contribution >= 0.6 is 0 Å². The molecule has 3 heteroatoms. The fourth-order valence-electron chi connectivity index (χ4n) is 2.54. The summed E-state index contributed by atoms with van der Waals surface area (Å²) in [5.41, 5.74) is 6.60. The Bertz CT molecular complexity index is 348. The Balaban J connectivity index is 2.35. The monoisotopic (exact) mass is 266 g/mol. The SMILES string of the molecule is CCCC(CCN)CCCN(C)c1cccc(F)c1. The molecule has 2 N–H and O–H groups in total. The van der Waals surface area contributed by atoms with Crippen LogP contribution in [0.2, 0.25) is 0 Å². The van der Waals surface area contributed by atoms with Crippen LogP contribution in [-0.2, 0) is 0 Å². The van der Waals surface area contributed by atoms with Gasteiger partial charge in [-0.15, -0.1) is 0 Å². The van der Waals surface area contributed by atoms with E-state index >= 15 is 0 Å². The molecule has 2 nitrogen and oxygen atoms in total. The third-order valence-corrected chi connectivity index (χ3v) is 3.63. The van der Waals surface area contributed by atoms with Gasteiger partial charge in [0.15, 0.2) is 0 Å². The van der Waals surface area contributed by atoms with Crippen LogP contribution in [0.5, 0.6) is 0 Å². The highest BCUT2D eigenvalue weighted by molar-refractivity contribution is 5.45. The van der Waals surface area contributed by atoms with E-state index in [1.54, 1.807) is 12.1 Å². The molecule has 1 unspecified atom stereocenters. The highest BCUT2D eigenvalue weighted by Crippen LogP contribution is 2.19. The van der Waals surface area contributed by atoms with E-state index in [0.717, 1.165) is 37.5 Å². The van der Waals surface area contributed by atoms with Crippen LogP contribution < -0.4 is 10.6 Å². The first-order valence-electron chi connectivity index (χ1n) is 7.34. The minimum absolute atomic E-state index is 0.170. The lowest BCUT2D eigenvalue weighted by atomic mass is 9.94. The van der Waals surface area contributed by atoms with Crippen LogP contribution in [-0.4, -0.2) is 20.1 Å². The Kier molecular flexibility index (Phi) is 7.49. The summed E-state index contributed by atoms with van der Waals surface area (Å²) in [5.74, 6) is 0.576. The van der Waals surface area contributed by atoms with E-state index < -0.39 is 0 Å². The number of nitrogens with two attached hydrogens (primary N) is 1. The van der Waals surface area contributed by atoms with Crippen LogP contribution in [0.25, 0.3) is 0 Å². The van der Waals surface area contributed by atoms with Crippen LogP contribution in [0.15, 0.2) is 24.3 Å². The molecule has 1 rings (SSSR count). The predicted molar refractivity (Wildman–Crippen MR) is 81.0 cm³/mol. The second kappa shape index (κ2) is 8.92. The smallest absolute Gasteiger partial charge is 0.125 e. The molecule has 0 radical (unpaired) electrons. The number of hydrogen-bond donors (Lipinski definition) is 1.